The molecule has 2 aliphatic heterocycles. The third-order valence-corrected chi connectivity index (χ3v) is 5.01. The van der Waals surface area contributed by atoms with Crippen LogP contribution in [0.1, 0.15) is 35.3 Å². The fourth-order valence-electron chi connectivity index (χ4n) is 3.56. The number of piperidine rings is 1. The van der Waals surface area contributed by atoms with Crippen LogP contribution in [0.2, 0.25) is 0 Å². The van der Waals surface area contributed by atoms with Gasteiger partial charge >= 0.3 is 0 Å². The number of aromatic nitrogens is 2. The van der Waals surface area contributed by atoms with Crippen molar-refractivity contribution >= 4 is 11.7 Å². The zero-order chi connectivity index (χ0) is 18.6. The second-order valence-electron chi connectivity index (χ2n) is 6.81. The van der Waals surface area contributed by atoms with E-state index >= 15 is 0 Å². The molecule has 3 heterocycles. The molecule has 0 spiro atoms. The van der Waals surface area contributed by atoms with E-state index in [-0.39, 0.29) is 24.4 Å². The fourth-order valence-corrected chi connectivity index (χ4v) is 3.56. The van der Waals surface area contributed by atoms with E-state index in [9.17, 15) is 9.59 Å². The Bertz CT molecular complexity index is 840. The van der Waals surface area contributed by atoms with Gasteiger partial charge in [0.1, 0.15) is 0 Å². The van der Waals surface area contributed by atoms with E-state index in [1.807, 2.05) is 0 Å². The number of fused-ring (bicyclic) bond motifs is 1. The maximum Gasteiger partial charge on any atom is 0.231 e. The van der Waals surface area contributed by atoms with Crippen LogP contribution in [0.5, 0.6) is 11.5 Å². The molecule has 0 saturated carbocycles. The smallest absolute Gasteiger partial charge is 0.231 e. The Labute approximate surface area is 157 Å². The van der Waals surface area contributed by atoms with Crippen LogP contribution in [0, 0.1) is 5.92 Å². The number of nitrogens with zero attached hydrogens (tertiary/aromatic N) is 3. The van der Waals surface area contributed by atoms with Crippen molar-refractivity contribution in [3.63, 3.8) is 0 Å². The van der Waals surface area contributed by atoms with Crippen LogP contribution in [-0.4, -0.2) is 46.4 Å². The summed E-state index contributed by atoms with van der Waals surface area (Å²) >= 11 is 0. The molecule has 0 radical (unpaired) electrons. The molecule has 1 atom stereocenters. The molecule has 1 aromatic carbocycles. The highest BCUT2D eigenvalue weighted by molar-refractivity contribution is 5.99. The predicted molar refractivity (Wildman–Crippen MR) is 96.6 cm³/mol. The number of Topliss-reactive ketones (excluding diaryl/α,β-unsaturated/α-hetero) is 1. The monoisotopic (exact) mass is 367 g/mol. The summed E-state index contributed by atoms with van der Waals surface area (Å²) in [5.74, 6) is 1.20. The van der Waals surface area contributed by atoms with E-state index in [0.717, 1.165) is 18.5 Å². The van der Waals surface area contributed by atoms with Crippen LogP contribution in [0.15, 0.2) is 36.8 Å². The third-order valence-electron chi connectivity index (χ3n) is 5.01. The van der Waals surface area contributed by atoms with E-state index in [2.05, 4.69) is 9.97 Å². The number of hydrogen-bond acceptors (Lipinski definition) is 6. The molecule has 4 rings (SSSR count). The zero-order valence-electron chi connectivity index (χ0n) is 15.0. The first-order valence-corrected chi connectivity index (χ1v) is 9.17. The highest BCUT2D eigenvalue weighted by Gasteiger charge is 2.29. The highest BCUT2D eigenvalue weighted by atomic mass is 16.7. The summed E-state index contributed by atoms with van der Waals surface area (Å²) in [4.78, 5) is 35.5. The van der Waals surface area contributed by atoms with Gasteiger partial charge in [0.2, 0.25) is 12.7 Å². The van der Waals surface area contributed by atoms with Gasteiger partial charge in [-0.25, -0.2) is 0 Å². The molecule has 27 heavy (non-hydrogen) atoms. The van der Waals surface area contributed by atoms with Gasteiger partial charge in [-0.05, 0) is 37.5 Å². The first-order chi connectivity index (χ1) is 13.2. The number of ketones is 1. The van der Waals surface area contributed by atoms with Gasteiger partial charge in [-0.1, -0.05) is 0 Å². The Morgan fingerprint density at radius 1 is 1.19 bits per heavy atom. The summed E-state index contributed by atoms with van der Waals surface area (Å²) in [5, 5.41) is 0. The molecule has 7 nitrogen and oxygen atoms in total. The molecule has 2 aliphatic rings. The van der Waals surface area contributed by atoms with Crippen molar-refractivity contribution in [2.75, 3.05) is 19.9 Å². The molecule has 2 aromatic rings. The number of carbonyl (C=O) groups is 2. The third kappa shape index (κ3) is 3.92. The molecule has 7 heteroatoms. The van der Waals surface area contributed by atoms with Crippen LogP contribution in [-0.2, 0) is 11.2 Å². The van der Waals surface area contributed by atoms with E-state index in [4.69, 9.17) is 9.47 Å². The lowest BCUT2D eigenvalue weighted by atomic mass is 9.89. The molecule has 0 aliphatic carbocycles. The van der Waals surface area contributed by atoms with Gasteiger partial charge in [-0.2, -0.15) is 0 Å². The van der Waals surface area contributed by atoms with Crippen molar-refractivity contribution in [2.45, 2.75) is 25.7 Å². The number of hydrogen-bond donors (Lipinski definition) is 0. The van der Waals surface area contributed by atoms with Crippen LogP contribution in [0.3, 0.4) is 0 Å². The summed E-state index contributed by atoms with van der Waals surface area (Å²) in [6.07, 6.45) is 7.48. The van der Waals surface area contributed by atoms with Crippen molar-refractivity contribution in [2.24, 2.45) is 5.92 Å². The molecular formula is C20H21N3O4. The van der Waals surface area contributed by atoms with Gasteiger partial charge in [0.25, 0.3) is 0 Å². The Morgan fingerprint density at radius 3 is 2.93 bits per heavy atom. The zero-order valence-corrected chi connectivity index (χ0v) is 15.0. The average molecular weight is 367 g/mol. The first-order valence-electron chi connectivity index (χ1n) is 9.17. The Morgan fingerprint density at radius 2 is 2.07 bits per heavy atom. The van der Waals surface area contributed by atoms with Gasteiger partial charge < -0.3 is 14.4 Å². The molecule has 0 unspecified atom stereocenters. The number of carbonyl (C=O) groups excluding carboxylic acids is 2. The molecule has 0 N–H and O–H groups in total. The molecule has 1 aromatic heterocycles. The number of rotatable bonds is 5. The normalized spacial score (nSPS) is 18.4. The second kappa shape index (κ2) is 7.73. The van der Waals surface area contributed by atoms with E-state index in [0.29, 0.717) is 43.0 Å². The van der Waals surface area contributed by atoms with E-state index < -0.39 is 0 Å². The predicted octanol–water partition coefficient (Wildman–Crippen LogP) is 2.26. The topological polar surface area (TPSA) is 81.6 Å². The lowest BCUT2D eigenvalue weighted by Gasteiger charge is -2.32. The maximum absolute atomic E-state index is 12.9. The number of amides is 1. The van der Waals surface area contributed by atoms with Crippen LogP contribution in [0.4, 0.5) is 0 Å². The minimum absolute atomic E-state index is 0.0553. The van der Waals surface area contributed by atoms with Crippen molar-refractivity contribution in [3.8, 4) is 11.5 Å². The number of aryl methyl sites for hydroxylation is 1. The van der Waals surface area contributed by atoms with Crippen LogP contribution in [0.25, 0.3) is 0 Å². The van der Waals surface area contributed by atoms with Crippen LogP contribution >= 0.6 is 0 Å². The Kier molecular flexibility index (Phi) is 5.00. The van der Waals surface area contributed by atoms with Crippen molar-refractivity contribution in [3.05, 3.63) is 48.0 Å². The second-order valence-corrected chi connectivity index (χ2v) is 6.81. The standard InChI is InChI=1S/C20H21N3O4/c24-19(6-4-16-11-21-7-8-22-16)23-9-1-2-15(12-23)20(25)14-3-5-17-18(10-14)27-13-26-17/h3,5,7-8,10-11,15H,1-2,4,6,9,12-13H2/t15-/m0/s1. The summed E-state index contributed by atoms with van der Waals surface area (Å²) in [6, 6.07) is 5.27. The van der Waals surface area contributed by atoms with Gasteiger partial charge in [0, 0.05) is 49.6 Å². The number of ether oxygens (including phenoxy) is 2. The SMILES string of the molecule is O=C(c1ccc2c(c1)OCO2)[C@H]1CCCN(C(=O)CCc2cnccn2)C1. The van der Waals surface area contributed by atoms with Gasteiger partial charge in [-0.15, -0.1) is 0 Å². The van der Waals surface area contributed by atoms with Crippen molar-refractivity contribution in [1.29, 1.82) is 0 Å². The molecule has 1 fully saturated rings. The van der Waals surface area contributed by atoms with Gasteiger partial charge in [-0.3, -0.25) is 19.6 Å². The minimum Gasteiger partial charge on any atom is -0.454 e. The number of benzene rings is 1. The molecule has 140 valence electrons. The quantitative estimate of drug-likeness (QED) is 0.754. The summed E-state index contributed by atoms with van der Waals surface area (Å²) in [6.45, 7) is 1.35. The Hall–Kier alpha value is -2.96. The lowest BCUT2D eigenvalue weighted by Crippen LogP contribution is -2.42. The molecule has 1 saturated heterocycles. The summed E-state index contributed by atoms with van der Waals surface area (Å²) < 4.78 is 10.7. The number of likely N-dealkylation sites (tertiary alicyclic amines) is 1. The van der Waals surface area contributed by atoms with E-state index in [1.54, 1.807) is 41.7 Å². The average Bonchev–Trinajstić information content (AvgIpc) is 3.20. The van der Waals surface area contributed by atoms with Crippen molar-refractivity contribution < 1.29 is 19.1 Å². The van der Waals surface area contributed by atoms with Crippen LogP contribution < -0.4 is 9.47 Å². The summed E-state index contributed by atoms with van der Waals surface area (Å²) in [5.41, 5.74) is 1.41. The first kappa shape index (κ1) is 17.5. The largest absolute Gasteiger partial charge is 0.454 e. The van der Waals surface area contributed by atoms with Gasteiger partial charge in [0.05, 0.1) is 5.69 Å². The highest BCUT2D eigenvalue weighted by Crippen LogP contribution is 2.33. The minimum atomic E-state index is -0.181. The maximum atomic E-state index is 12.9. The van der Waals surface area contributed by atoms with Gasteiger partial charge in [0.15, 0.2) is 17.3 Å². The molecular weight excluding hydrogens is 346 g/mol. The van der Waals surface area contributed by atoms with Crippen molar-refractivity contribution in [1.82, 2.24) is 14.9 Å². The van der Waals surface area contributed by atoms with E-state index in [1.165, 1.54) is 0 Å². The Balaban J connectivity index is 1.37. The molecule has 1 amide bonds. The molecule has 0 bridgehead atoms. The summed E-state index contributed by atoms with van der Waals surface area (Å²) in [7, 11) is 0. The fraction of sp³-hybridized carbons (Fsp3) is 0.400. The lowest BCUT2D eigenvalue weighted by molar-refractivity contribution is -0.132.